The molecule has 134 valence electrons. The first-order valence-electron chi connectivity index (χ1n) is 7.78. The number of hydrogen-bond donors (Lipinski definition) is 2. The number of nitrogens with zero attached hydrogens (tertiary/aromatic N) is 2. The van der Waals surface area contributed by atoms with Crippen LogP contribution >= 0.6 is 23.2 Å². The van der Waals surface area contributed by atoms with E-state index in [1.807, 2.05) is 19.9 Å². The number of carbonyl (C=O) groups excluding carboxylic acids is 1. The summed E-state index contributed by atoms with van der Waals surface area (Å²) in [5.74, 6) is -1.03. The van der Waals surface area contributed by atoms with Crippen molar-refractivity contribution in [2.24, 2.45) is 0 Å². The number of halogens is 2. The Morgan fingerprint density at radius 1 is 1.24 bits per heavy atom. The highest BCUT2D eigenvalue weighted by Gasteiger charge is 2.16. The van der Waals surface area contributed by atoms with Gasteiger partial charge in [-0.15, -0.1) is 0 Å². The highest BCUT2D eigenvalue weighted by atomic mass is 35.5. The standard InChI is InChI=1S/C17H19Cl2N3O3/c1-10-13(9-16(23)20-7-3-4-17(24)25)11(2)22(21-10)12-5-6-14(18)15(19)8-12/h5-6,8H,3-4,7,9H2,1-2H3,(H,20,23)(H,24,25). The van der Waals surface area contributed by atoms with E-state index in [0.717, 1.165) is 22.6 Å². The smallest absolute Gasteiger partial charge is 0.303 e. The van der Waals surface area contributed by atoms with Gasteiger partial charge in [0, 0.05) is 24.2 Å². The fraction of sp³-hybridized carbons (Fsp3) is 0.353. The zero-order valence-corrected chi connectivity index (χ0v) is 15.5. The molecule has 0 fully saturated rings. The number of aryl methyl sites for hydroxylation is 1. The quantitative estimate of drug-likeness (QED) is 0.718. The maximum absolute atomic E-state index is 12.1. The molecule has 1 amide bonds. The normalized spacial score (nSPS) is 10.7. The summed E-state index contributed by atoms with van der Waals surface area (Å²) in [6.45, 7) is 4.06. The lowest BCUT2D eigenvalue weighted by Gasteiger charge is -2.07. The van der Waals surface area contributed by atoms with Crippen LogP contribution in [0.4, 0.5) is 0 Å². The van der Waals surface area contributed by atoms with Crippen LogP contribution in [-0.2, 0) is 16.0 Å². The summed E-state index contributed by atoms with van der Waals surface area (Å²) in [6, 6.07) is 5.23. The Hall–Kier alpha value is -2.05. The Bertz CT molecular complexity index is 803. The molecule has 0 saturated carbocycles. The van der Waals surface area contributed by atoms with Crippen molar-refractivity contribution < 1.29 is 14.7 Å². The van der Waals surface area contributed by atoms with Crippen LogP contribution < -0.4 is 5.32 Å². The fourth-order valence-electron chi connectivity index (χ4n) is 2.49. The van der Waals surface area contributed by atoms with E-state index in [-0.39, 0.29) is 18.7 Å². The van der Waals surface area contributed by atoms with E-state index in [9.17, 15) is 9.59 Å². The van der Waals surface area contributed by atoms with Crippen LogP contribution in [0.1, 0.15) is 29.8 Å². The van der Waals surface area contributed by atoms with Crippen molar-refractivity contribution in [2.45, 2.75) is 33.1 Å². The van der Waals surface area contributed by atoms with Gasteiger partial charge in [-0.2, -0.15) is 5.10 Å². The van der Waals surface area contributed by atoms with Gasteiger partial charge in [0.25, 0.3) is 0 Å². The van der Waals surface area contributed by atoms with Crippen molar-refractivity contribution in [3.63, 3.8) is 0 Å². The molecule has 1 aromatic heterocycles. The topological polar surface area (TPSA) is 84.2 Å². The van der Waals surface area contributed by atoms with Crippen LogP contribution in [0.25, 0.3) is 5.69 Å². The molecule has 0 radical (unpaired) electrons. The zero-order chi connectivity index (χ0) is 18.6. The molecule has 1 heterocycles. The summed E-state index contributed by atoms with van der Waals surface area (Å²) in [4.78, 5) is 22.5. The van der Waals surface area contributed by atoms with Crippen molar-refractivity contribution in [3.8, 4) is 5.69 Å². The Morgan fingerprint density at radius 2 is 1.96 bits per heavy atom. The van der Waals surface area contributed by atoms with Crippen molar-refractivity contribution in [2.75, 3.05) is 6.54 Å². The summed E-state index contributed by atoms with van der Waals surface area (Å²) in [5, 5.41) is 16.7. The molecular weight excluding hydrogens is 365 g/mol. The Balaban J connectivity index is 2.09. The largest absolute Gasteiger partial charge is 0.481 e. The molecule has 8 heteroatoms. The molecule has 0 aliphatic carbocycles. The van der Waals surface area contributed by atoms with Gasteiger partial charge >= 0.3 is 5.97 Å². The average molecular weight is 384 g/mol. The minimum atomic E-state index is -0.871. The van der Waals surface area contributed by atoms with E-state index >= 15 is 0 Å². The molecule has 6 nitrogen and oxygen atoms in total. The van der Waals surface area contributed by atoms with Gasteiger partial charge in [-0.05, 0) is 38.5 Å². The number of hydrogen-bond acceptors (Lipinski definition) is 3. The molecule has 2 rings (SSSR count). The van der Waals surface area contributed by atoms with E-state index in [2.05, 4.69) is 10.4 Å². The first kappa shape index (κ1) is 19.3. The van der Waals surface area contributed by atoms with Crippen molar-refractivity contribution in [1.29, 1.82) is 0 Å². The third kappa shape index (κ3) is 4.96. The number of nitrogens with one attached hydrogen (secondary N) is 1. The monoisotopic (exact) mass is 383 g/mol. The molecule has 1 aromatic carbocycles. The van der Waals surface area contributed by atoms with Gasteiger partial charge in [-0.1, -0.05) is 23.2 Å². The molecular formula is C17H19Cl2N3O3. The molecule has 0 unspecified atom stereocenters. The van der Waals surface area contributed by atoms with Crippen molar-refractivity contribution in [1.82, 2.24) is 15.1 Å². The predicted octanol–water partition coefficient (Wildman–Crippen LogP) is 3.32. The minimum absolute atomic E-state index is 0.0353. The molecule has 2 aromatic rings. The molecule has 25 heavy (non-hydrogen) atoms. The van der Waals surface area contributed by atoms with E-state index in [4.69, 9.17) is 28.3 Å². The molecule has 0 saturated heterocycles. The van der Waals surface area contributed by atoms with Crippen LogP contribution in [0, 0.1) is 13.8 Å². The van der Waals surface area contributed by atoms with Crippen LogP contribution in [0.15, 0.2) is 18.2 Å². The second-order valence-corrected chi connectivity index (χ2v) is 6.50. The van der Waals surface area contributed by atoms with Gasteiger partial charge < -0.3 is 10.4 Å². The number of aliphatic carboxylic acids is 1. The lowest BCUT2D eigenvalue weighted by atomic mass is 10.1. The number of aromatic nitrogens is 2. The molecule has 0 spiro atoms. The van der Waals surface area contributed by atoms with Gasteiger partial charge in [0.2, 0.25) is 5.91 Å². The maximum Gasteiger partial charge on any atom is 0.303 e. The van der Waals surface area contributed by atoms with Crippen molar-refractivity contribution >= 4 is 35.1 Å². The zero-order valence-electron chi connectivity index (χ0n) is 14.0. The number of carboxylic acid groups (broad SMARTS) is 1. The SMILES string of the molecule is Cc1nn(-c2ccc(Cl)c(Cl)c2)c(C)c1CC(=O)NCCCC(=O)O. The second kappa shape index (κ2) is 8.36. The highest BCUT2D eigenvalue weighted by molar-refractivity contribution is 6.42. The van der Waals surface area contributed by atoms with Gasteiger partial charge in [0.15, 0.2) is 0 Å². The highest BCUT2D eigenvalue weighted by Crippen LogP contribution is 2.26. The molecule has 0 aliphatic rings. The third-order valence-electron chi connectivity index (χ3n) is 3.82. The van der Waals surface area contributed by atoms with Crippen LogP contribution in [0.5, 0.6) is 0 Å². The van der Waals surface area contributed by atoms with E-state index in [1.165, 1.54) is 0 Å². The predicted molar refractivity (Wildman–Crippen MR) is 96.6 cm³/mol. The summed E-state index contributed by atoms with van der Waals surface area (Å²) in [6.07, 6.45) is 0.626. The van der Waals surface area contributed by atoms with Gasteiger partial charge in [0.1, 0.15) is 0 Å². The average Bonchev–Trinajstić information content (AvgIpc) is 2.82. The third-order valence-corrected chi connectivity index (χ3v) is 4.55. The van der Waals surface area contributed by atoms with Crippen LogP contribution in [-0.4, -0.2) is 33.3 Å². The molecule has 0 bridgehead atoms. The number of carbonyl (C=O) groups is 2. The van der Waals surface area contributed by atoms with Crippen LogP contribution in [0.2, 0.25) is 10.0 Å². The second-order valence-electron chi connectivity index (χ2n) is 5.68. The molecule has 0 atom stereocenters. The lowest BCUT2D eigenvalue weighted by molar-refractivity contribution is -0.137. The summed E-state index contributed by atoms with van der Waals surface area (Å²) in [5.41, 5.74) is 3.20. The minimum Gasteiger partial charge on any atom is -0.481 e. The van der Waals surface area contributed by atoms with Gasteiger partial charge in [-0.3, -0.25) is 9.59 Å². The summed E-state index contributed by atoms with van der Waals surface area (Å²) in [7, 11) is 0. The Morgan fingerprint density at radius 3 is 2.60 bits per heavy atom. The lowest BCUT2D eigenvalue weighted by Crippen LogP contribution is -2.26. The number of carboxylic acids is 1. The van der Waals surface area contributed by atoms with Crippen LogP contribution in [0.3, 0.4) is 0 Å². The molecule has 2 N–H and O–H groups in total. The van der Waals surface area contributed by atoms with E-state index in [0.29, 0.717) is 23.0 Å². The molecule has 0 aliphatic heterocycles. The first-order chi connectivity index (χ1) is 11.8. The Kier molecular flexibility index (Phi) is 6.45. The maximum atomic E-state index is 12.1. The van der Waals surface area contributed by atoms with E-state index < -0.39 is 5.97 Å². The fourth-order valence-corrected chi connectivity index (χ4v) is 2.78. The van der Waals surface area contributed by atoms with Crippen molar-refractivity contribution in [3.05, 3.63) is 45.2 Å². The number of benzene rings is 1. The van der Waals surface area contributed by atoms with E-state index in [1.54, 1.807) is 16.8 Å². The number of amides is 1. The van der Waals surface area contributed by atoms with Gasteiger partial charge in [-0.25, -0.2) is 4.68 Å². The summed E-state index contributed by atoms with van der Waals surface area (Å²) >= 11 is 12.0. The number of rotatable bonds is 7. The summed E-state index contributed by atoms with van der Waals surface area (Å²) < 4.78 is 1.73. The first-order valence-corrected chi connectivity index (χ1v) is 8.54. The van der Waals surface area contributed by atoms with Gasteiger partial charge in [0.05, 0.1) is 27.8 Å². The Labute approximate surface area is 155 Å².